The van der Waals surface area contributed by atoms with E-state index < -0.39 is 0 Å². The van der Waals surface area contributed by atoms with Crippen molar-refractivity contribution in [1.82, 2.24) is 0 Å². The van der Waals surface area contributed by atoms with Crippen molar-refractivity contribution in [1.29, 1.82) is 0 Å². The molecule has 2 radical (unpaired) electrons. The van der Waals surface area contributed by atoms with Crippen LogP contribution in [-0.2, 0) is 5.41 Å². The molecule has 1 nitrogen and oxygen atoms in total. The van der Waals surface area contributed by atoms with Gasteiger partial charge in [-0.05, 0) is 36.3 Å². The second-order valence-electron chi connectivity index (χ2n) is 6.35. The lowest BCUT2D eigenvalue weighted by Gasteiger charge is -2.42. The number of allylic oxidation sites excluding steroid dienone is 3. The summed E-state index contributed by atoms with van der Waals surface area (Å²) in [4.78, 5) is 2.34. The van der Waals surface area contributed by atoms with Gasteiger partial charge >= 0.3 is 0 Å². The van der Waals surface area contributed by atoms with Crippen molar-refractivity contribution in [2.75, 3.05) is 4.90 Å². The van der Waals surface area contributed by atoms with E-state index in [2.05, 4.69) is 86.4 Å². The Hall–Kier alpha value is -2.22. The highest BCUT2D eigenvalue weighted by molar-refractivity contribution is 6.09. The van der Waals surface area contributed by atoms with E-state index in [1.165, 1.54) is 22.5 Å². The molecule has 0 aliphatic carbocycles. The Balaban J connectivity index is 2.28. The summed E-state index contributed by atoms with van der Waals surface area (Å²) in [5.41, 5.74) is 6.31. The minimum absolute atomic E-state index is 0.0138. The van der Waals surface area contributed by atoms with Gasteiger partial charge in [0.2, 0.25) is 0 Å². The van der Waals surface area contributed by atoms with E-state index in [9.17, 15) is 0 Å². The Morgan fingerprint density at radius 2 is 1.52 bits per heavy atom. The fourth-order valence-corrected chi connectivity index (χ4v) is 3.44. The molecule has 1 aliphatic rings. The highest BCUT2D eigenvalue weighted by Crippen LogP contribution is 2.50. The summed E-state index contributed by atoms with van der Waals surface area (Å²) < 4.78 is 0. The third-order valence-corrected chi connectivity index (χ3v) is 4.62. The monoisotopic (exact) mass is 299 g/mol. The maximum absolute atomic E-state index is 5.66. The lowest BCUT2D eigenvalue weighted by molar-refractivity contribution is 0.630. The van der Waals surface area contributed by atoms with Crippen LogP contribution in [0.25, 0.3) is 0 Å². The van der Waals surface area contributed by atoms with Gasteiger partial charge in [-0.2, -0.15) is 0 Å². The average molecular weight is 299 g/mol. The van der Waals surface area contributed by atoms with Crippen molar-refractivity contribution in [3.8, 4) is 0 Å². The first kappa shape index (κ1) is 15.7. The Labute approximate surface area is 140 Å². The third kappa shape index (κ3) is 2.52. The van der Waals surface area contributed by atoms with E-state index in [1.54, 1.807) is 0 Å². The molecule has 0 unspecified atom stereocenters. The van der Waals surface area contributed by atoms with Crippen molar-refractivity contribution in [3.63, 3.8) is 0 Å². The number of benzene rings is 2. The number of fused-ring (bicyclic) bond motifs is 2. The normalized spacial score (nSPS) is 16.3. The topological polar surface area (TPSA) is 3.24 Å². The molecule has 2 aromatic rings. The molecule has 2 heteroatoms. The molecular weight excluding hydrogens is 277 g/mol. The first-order valence-corrected chi connectivity index (χ1v) is 8.13. The molecule has 2 aromatic carbocycles. The molecule has 0 N–H and O–H groups in total. The average Bonchev–Trinajstić information content (AvgIpc) is 2.58. The number of nitrogens with zero attached hydrogens (tertiary/aromatic N) is 1. The number of anilines is 2. The zero-order chi connectivity index (χ0) is 16.4. The largest absolute Gasteiger partial charge is 0.310 e. The van der Waals surface area contributed by atoms with Gasteiger partial charge in [-0.25, -0.2) is 0 Å². The van der Waals surface area contributed by atoms with Crippen molar-refractivity contribution in [2.45, 2.75) is 32.5 Å². The van der Waals surface area contributed by atoms with Gasteiger partial charge in [0.15, 0.2) is 0 Å². The second kappa shape index (κ2) is 6.12. The maximum atomic E-state index is 5.66. The molecule has 0 bridgehead atoms. The molecule has 23 heavy (non-hydrogen) atoms. The Bertz CT molecular complexity index is 721. The Morgan fingerprint density at radius 3 is 2.00 bits per heavy atom. The van der Waals surface area contributed by atoms with Gasteiger partial charge in [-0.15, -0.1) is 0 Å². The highest BCUT2D eigenvalue weighted by atomic mass is 15.2. The van der Waals surface area contributed by atoms with E-state index in [4.69, 9.17) is 7.85 Å². The van der Waals surface area contributed by atoms with Crippen molar-refractivity contribution >= 4 is 19.2 Å². The minimum Gasteiger partial charge on any atom is -0.310 e. The van der Waals surface area contributed by atoms with Gasteiger partial charge in [0.05, 0.1) is 19.2 Å². The van der Waals surface area contributed by atoms with Crippen LogP contribution < -0.4 is 4.90 Å². The Morgan fingerprint density at radius 1 is 1.00 bits per heavy atom. The van der Waals surface area contributed by atoms with Crippen molar-refractivity contribution < 1.29 is 0 Å². The van der Waals surface area contributed by atoms with Gasteiger partial charge in [0, 0.05) is 11.1 Å². The lowest BCUT2D eigenvalue weighted by atomic mass is 9.73. The SMILES string of the molecule is [B]C/C=C\C(=C/C)N1c2ccccc2C(C)(C)c2ccccc21. The first-order chi connectivity index (χ1) is 11.1. The lowest BCUT2D eigenvalue weighted by Crippen LogP contribution is -2.32. The van der Waals surface area contributed by atoms with E-state index in [0.717, 1.165) is 5.70 Å². The van der Waals surface area contributed by atoms with Crippen LogP contribution in [0.1, 0.15) is 31.9 Å². The smallest absolute Gasteiger partial charge is 0.0708 e. The minimum atomic E-state index is -0.0138. The fraction of sp³-hybridized carbons (Fsp3) is 0.238. The molecule has 114 valence electrons. The molecule has 0 saturated heterocycles. The highest BCUT2D eigenvalue weighted by Gasteiger charge is 2.36. The van der Waals surface area contributed by atoms with Crippen LogP contribution in [0.3, 0.4) is 0 Å². The zero-order valence-electron chi connectivity index (χ0n) is 14.1. The van der Waals surface area contributed by atoms with Gasteiger partial charge in [-0.1, -0.05) is 68.7 Å². The molecular formula is C21H22BN. The quantitative estimate of drug-likeness (QED) is 0.533. The third-order valence-electron chi connectivity index (χ3n) is 4.62. The summed E-state index contributed by atoms with van der Waals surface area (Å²) in [7, 11) is 5.66. The molecule has 3 rings (SSSR count). The van der Waals surface area contributed by atoms with Crippen molar-refractivity contribution in [2.24, 2.45) is 0 Å². The van der Waals surface area contributed by atoms with Gasteiger partial charge in [-0.3, -0.25) is 0 Å². The number of hydrogen-bond acceptors (Lipinski definition) is 1. The maximum Gasteiger partial charge on any atom is 0.0708 e. The second-order valence-corrected chi connectivity index (χ2v) is 6.35. The molecule has 0 saturated carbocycles. The molecule has 0 aromatic heterocycles. The van der Waals surface area contributed by atoms with E-state index in [1.807, 2.05) is 6.08 Å². The molecule has 1 heterocycles. The van der Waals surface area contributed by atoms with E-state index in [-0.39, 0.29) is 5.41 Å². The molecule has 0 atom stereocenters. The molecule has 0 fully saturated rings. The molecule has 1 aliphatic heterocycles. The van der Waals surface area contributed by atoms with Crippen LogP contribution in [0, 0.1) is 0 Å². The van der Waals surface area contributed by atoms with Crippen LogP contribution in [0.2, 0.25) is 6.32 Å². The number of rotatable bonds is 3. The molecule has 0 spiro atoms. The summed E-state index contributed by atoms with van der Waals surface area (Å²) in [6.07, 6.45) is 6.78. The predicted octanol–water partition coefficient (Wildman–Crippen LogP) is 5.51. The van der Waals surface area contributed by atoms with Gasteiger partial charge < -0.3 is 4.90 Å². The summed E-state index contributed by atoms with van der Waals surface area (Å²) in [6, 6.07) is 17.3. The summed E-state index contributed by atoms with van der Waals surface area (Å²) in [6.45, 7) is 6.67. The summed E-state index contributed by atoms with van der Waals surface area (Å²) in [5, 5.41) is 0. The van der Waals surface area contributed by atoms with Crippen LogP contribution in [0.4, 0.5) is 11.4 Å². The fourth-order valence-electron chi connectivity index (χ4n) is 3.44. The van der Waals surface area contributed by atoms with Gasteiger partial charge in [0.25, 0.3) is 0 Å². The number of para-hydroxylation sites is 2. The van der Waals surface area contributed by atoms with Crippen LogP contribution in [0.15, 0.2) is 72.5 Å². The first-order valence-electron chi connectivity index (χ1n) is 8.13. The van der Waals surface area contributed by atoms with Crippen LogP contribution in [0.5, 0.6) is 0 Å². The van der Waals surface area contributed by atoms with Crippen LogP contribution >= 0.6 is 0 Å². The van der Waals surface area contributed by atoms with Crippen molar-refractivity contribution in [3.05, 3.63) is 83.6 Å². The van der Waals surface area contributed by atoms with E-state index >= 15 is 0 Å². The standard InChI is InChI=1S/C21H22BN/c1-4-16(10-9-15-22)23-19-13-7-5-11-17(19)21(2,3)18-12-6-8-14-20(18)23/h4-14H,15H2,1-3H3/b10-9-,16-4+. The molecule has 0 amide bonds. The van der Waals surface area contributed by atoms with Crippen LogP contribution in [-0.4, -0.2) is 7.85 Å². The van der Waals surface area contributed by atoms with Gasteiger partial charge in [0.1, 0.15) is 0 Å². The zero-order valence-corrected chi connectivity index (χ0v) is 14.1. The van der Waals surface area contributed by atoms with E-state index in [0.29, 0.717) is 6.32 Å². The predicted molar refractivity (Wildman–Crippen MR) is 101 cm³/mol. The summed E-state index contributed by atoms with van der Waals surface area (Å²) in [5.74, 6) is 0. The Kier molecular flexibility index (Phi) is 4.17. The number of hydrogen-bond donors (Lipinski definition) is 0. The summed E-state index contributed by atoms with van der Waals surface area (Å²) >= 11 is 0.